The summed E-state index contributed by atoms with van der Waals surface area (Å²) in [4.78, 5) is 15.4. The molecular formula is C28H29ClN2O4. The molecule has 2 aliphatic heterocycles. The molecule has 35 heavy (non-hydrogen) atoms. The molecule has 1 N–H and O–H groups in total. The lowest BCUT2D eigenvalue weighted by Gasteiger charge is -2.37. The van der Waals surface area contributed by atoms with Crippen molar-refractivity contribution < 1.29 is 19.0 Å². The van der Waals surface area contributed by atoms with Crippen LogP contribution < -0.4 is 15.0 Å². The first kappa shape index (κ1) is 23.5. The summed E-state index contributed by atoms with van der Waals surface area (Å²) in [6.07, 6.45) is -0.252. The van der Waals surface area contributed by atoms with E-state index < -0.39 is 5.60 Å². The summed E-state index contributed by atoms with van der Waals surface area (Å²) in [5, 5.41) is 3.80. The largest absolute Gasteiger partial charge is 0.456 e. The fraction of sp³-hybridized carbons (Fsp3) is 0.321. The third kappa shape index (κ3) is 3.72. The van der Waals surface area contributed by atoms with Crippen LogP contribution in [-0.2, 0) is 15.1 Å². The maximum absolute atomic E-state index is 13.1. The smallest absolute Gasteiger partial charge is 0.340 e. The summed E-state index contributed by atoms with van der Waals surface area (Å²) in [6.45, 7) is 10.4. The van der Waals surface area contributed by atoms with Gasteiger partial charge in [0.1, 0.15) is 17.7 Å². The highest BCUT2D eigenvalue weighted by molar-refractivity contribution is 6.33. The number of nitrogens with one attached hydrogen (secondary N) is 1. The van der Waals surface area contributed by atoms with Gasteiger partial charge in [0.25, 0.3) is 0 Å². The van der Waals surface area contributed by atoms with Gasteiger partial charge in [-0.2, -0.15) is 0 Å². The van der Waals surface area contributed by atoms with E-state index >= 15 is 0 Å². The first-order valence-corrected chi connectivity index (χ1v) is 12.4. The molecule has 0 saturated carbocycles. The summed E-state index contributed by atoms with van der Waals surface area (Å²) in [5.74, 6) is 0.837. The molecule has 7 heteroatoms. The van der Waals surface area contributed by atoms with Crippen molar-refractivity contribution in [2.45, 2.75) is 39.5 Å². The molecule has 3 aromatic carbocycles. The first-order valence-electron chi connectivity index (χ1n) is 12.0. The zero-order valence-electron chi connectivity index (χ0n) is 20.4. The van der Waals surface area contributed by atoms with E-state index in [0.717, 1.165) is 35.5 Å². The lowest BCUT2D eigenvalue weighted by atomic mass is 9.77. The molecule has 2 unspecified atom stereocenters. The monoisotopic (exact) mass is 492 g/mol. The second-order valence-corrected chi connectivity index (χ2v) is 9.05. The Labute approximate surface area is 210 Å². The summed E-state index contributed by atoms with van der Waals surface area (Å²) >= 11 is 6.67. The average molecular weight is 493 g/mol. The molecule has 182 valence electrons. The van der Waals surface area contributed by atoms with Gasteiger partial charge in [-0.05, 0) is 52.0 Å². The number of fused-ring (bicyclic) bond motifs is 6. The number of hydrogen-bond acceptors (Lipinski definition) is 6. The highest BCUT2D eigenvalue weighted by Crippen LogP contribution is 2.57. The summed E-state index contributed by atoms with van der Waals surface area (Å²) < 4.78 is 18.4. The van der Waals surface area contributed by atoms with Gasteiger partial charge in [-0.3, -0.25) is 0 Å². The molecule has 6 nitrogen and oxygen atoms in total. The molecule has 3 aromatic rings. The van der Waals surface area contributed by atoms with Gasteiger partial charge in [0.15, 0.2) is 5.60 Å². The Balaban J connectivity index is 1.74. The molecule has 2 heterocycles. The van der Waals surface area contributed by atoms with Gasteiger partial charge < -0.3 is 24.4 Å². The van der Waals surface area contributed by atoms with E-state index in [1.165, 1.54) is 0 Å². The van der Waals surface area contributed by atoms with E-state index in [-0.39, 0.29) is 12.2 Å². The van der Waals surface area contributed by atoms with E-state index in [1.54, 1.807) is 12.1 Å². The molecule has 0 bridgehead atoms. The number of ether oxygens (including phenoxy) is 3. The maximum atomic E-state index is 13.1. The van der Waals surface area contributed by atoms with Crippen LogP contribution in [0.5, 0.6) is 11.5 Å². The molecule has 0 radical (unpaired) electrons. The van der Waals surface area contributed by atoms with Gasteiger partial charge in [-0.25, -0.2) is 4.79 Å². The Kier molecular flexibility index (Phi) is 6.11. The van der Waals surface area contributed by atoms with Crippen LogP contribution in [0.2, 0.25) is 5.02 Å². The van der Waals surface area contributed by atoms with E-state index in [1.807, 2.05) is 50.2 Å². The van der Waals surface area contributed by atoms with Crippen molar-refractivity contribution in [2.24, 2.45) is 0 Å². The molecule has 0 aliphatic carbocycles. The highest BCUT2D eigenvalue weighted by Gasteiger charge is 2.53. The molecule has 2 atom stereocenters. The number of esters is 1. The Morgan fingerprint density at radius 2 is 1.74 bits per heavy atom. The number of carbonyl (C=O) groups is 1. The summed E-state index contributed by atoms with van der Waals surface area (Å²) in [7, 11) is 0. The second-order valence-electron chi connectivity index (χ2n) is 8.64. The van der Waals surface area contributed by atoms with Crippen LogP contribution in [0.25, 0.3) is 0 Å². The normalized spacial score (nSPS) is 18.3. The topological polar surface area (TPSA) is 60.0 Å². The minimum Gasteiger partial charge on any atom is -0.456 e. The fourth-order valence-corrected chi connectivity index (χ4v) is 5.30. The minimum atomic E-state index is -1.14. The number of hydrogen-bond donors (Lipinski definition) is 1. The van der Waals surface area contributed by atoms with Crippen molar-refractivity contribution in [1.82, 2.24) is 0 Å². The molecule has 0 fully saturated rings. The Morgan fingerprint density at radius 1 is 1.00 bits per heavy atom. The molecule has 0 saturated heterocycles. The summed E-state index contributed by atoms with van der Waals surface area (Å²) in [6, 6.07) is 17.3. The van der Waals surface area contributed by atoms with Gasteiger partial charge in [-0.15, -0.1) is 0 Å². The summed E-state index contributed by atoms with van der Waals surface area (Å²) in [5.41, 5.74) is 3.41. The second kappa shape index (κ2) is 9.10. The molecule has 1 spiro atoms. The number of benzene rings is 3. The zero-order valence-corrected chi connectivity index (χ0v) is 21.1. The van der Waals surface area contributed by atoms with E-state index in [2.05, 4.69) is 30.1 Å². The maximum Gasteiger partial charge on any atom is 0.340 e. The van der Waals surface area contributed by atoms with Crippen LogP contribution in [0.4, 0.5) is 11.4 Å². The number of halogens is 1. The third-order valence-electron chi connectivity index (χ3n) is 6.69. The molecule has 5 rings (SSSR count). The Bertz CT molecular complexity index is 1290. The molecule has 2 aliphatic rings. The predicted octanol–water partition coefficient (Wildman–Crippen LogP) is 6.55. The van der Waals surface area contributed by atoms with Crippen LogP contribution in [0.1, 0.15) is 54.7 Å². The minimum absolute atomic E-state index is 0.252. The van der Waals surface area contributed by atoms with Crippen molar-refractivity contribution in [1.29, 1.82) is 0 Å². The van der Waals surface area contributed by atoms with Crippen molar-refractivity contribution in [2.75, 3.05) is 29.9 Å². The third-order valence-corrected chi connectivity index (χ3v) is 7.00. The van der Waals surface area contributed by atoms with Crippen molar-refractivity contribution in [3.05, 3.63) is 81.9 Å². The van der Waals surface area contributed by atoms with Gasteiger partial charge in [-0.1, -0.05) is 29.8 Å². The SMILES string of the molecule is CCOC(C)Nc1cc2c(cc1Cl)Oc1cc(N(CC)CC)ccc1C21OC(=O)c2ccccc21. The number of rotatable bonds is 7. The van der Waals surface area contributed by atoms with Gasteiger partial charge in [0, 0.05) is 54.2 Å². The lowest BCUT2D eigenvalue weighted by molar-refractivity contribution is 0.0224. The van der Waals surface area contributed by atoms with Gasteiger partial charge in [0.2, 0.25) is 0 Å². The van der Waals surface area contributed by atoms with Crippen molar-refractivity contribution in [3.63, 3.8) is 0 Å². The van der Waals surface area contributed by atoms with E-state index in [4.69, 9.17) is 25.8 Å². The Morgan fingerprint density at radius 3 is 2.49 bits per heavy atom. The zero-order chi connectivity index (χ0) is 24.7. The number of carbonyl (C=O) groups excluding carboxylic acids is 1. The quantitative estimate of drug-likeness (QED) is 0.298. The van der Waals surface area contributed by atoms with Crippen LogP contribution in [0.15, 0.2) is 54.6 Å². The fourth-order valence-electron chi connectivity index (χ4n) is 5.09. The first-order chi connectivity index (χ1) is 16.9. The van der Waals surface area contributed by atoms with Crippen LogP contribution in [0, 0.1) is 0 Å². The molecular weight excluding hydrogens is 464 g/mol. The van der Waals surface area contributed by atoms with Crippen LogP contribution in [-0.4, -0.2) is 31.9 Å². The van der Waals surface area contributed by atoms with E-state index in [9.17, 15) is 4.79 Å². The number of nitrogens with zero attached hydrogens (tertiary/aromatic N) is 1. The van der Waals surface area contributed by atoms with Crippen molar-refractivity contribution >= 4 is 28.9 Å². The average Bonchev–Trinajstić information content (AvgIpc) is 3.14. The van der Waals surface area contributed by atoms with Gasteiger partial charge in [0.05, 0.1) is 16.3 Å². The standard InChI is InChI=1S/C28H29ClN2O4/c1-5-31(6-2)18-12-13-21-25(14-18)34-26-16-23(29)24(30-17(4)33-7-3)15-22(26)28(21)20-11-9-8-10-19(20)27(32)35-28/h8-17,30H,5-7H2,1-4H3. The van der Waals surface area contributed by atoms with Crippen LogP contribution >= 0.6 is 11.6 Å². The van der Waals surface area contributed by atoms with E-state index in [0.29, 0.717) is 34.4 Å². The van der Waals surface area contributed by atoms with Crippen LogP contribution in [0.3, 0.4) is 0 Å². The molecule has 0 aromatic heterocycles. The Hall–Kier alpha value is -3.22. The number of anilines is 2. The predicted molar refractivity (Wildman–Crippen MR) is 138 cm³/mol. The molecule has 0 amide bonds. The lowest BCUT2D eigenvalue weighted by Crippen LogP contribution is -2.33. The van der Waals surface area contributed by atoms with Crippen molar-refractivity contribution in [3.8, 4) is 11.5 Å². The van der Waals surface area contributed by atoms with Gasteiger partial charge >= 0.3 is 5.97 Å². The highest BCUT2D eigenvalue weighted by atomic mass is 35.5.